The van der Waals surface area contributed by atoms with E-state index >= 15 is 0 Å². The van der Waals surface area contributed by atoms with E-state index in [0.717, 1.165) is 38.5 Å². The highest BCUT2D eigenvalue weighted by Crippen LogP contribution is 2.43. The summed E-state index contributed by atoms with van der Waals surface area (Å²) in [5, 5.41) is 13.7. The van der Waals surface area contributed by atoms with Crippen molar-refractivity contribution in [3.05, 3.63) is 12.2 Å². The van der Waals surface area contributed by atoms with Crippen LogP contribution in [0.3, 0.4) is 0 Å². The second-order valence-corrected chi connectivity index (χ2v) is 16.7. The number of aliphatic hydroxyl groups excluding tert-OH is 1. The zero-order valence-electron chi connectivity index (χ0n) is 34.3. The third kappa shape index (κ3) is 37.6. The van der Waals surface area contributed by atoms with Crippen LogP contribution in [0.1, 0.15) is 226 Å². The monoisotopic (exact) mass is 759 g/mol. The van der Waals surface area contributed by atoms with Gasteiger partial charge in [-0.25, -0.2) is 4.57 Å². The number of carbonyl (C=O) groups excluding carboxylic acids is 1. The van der Waals surface area contributed by atoms with Gasteiger partial charge in [0.05, 0.1) is 25.4 Å². The Morgan fingerprint density at radius 1 is 0.615 bits per heavy atom. The van der Waals surface area contributed by atoms with Crippen LogP contribution >= 0.6 is 7.82 Å². The van der Waals surface area contributed by atoms with Gasteiger partial charge in [-0.05, 0) is 19.3 Å². The number of phosphoric acid groups is 1. The summed E-state index contributed by atoms with van der Waals surface area (Å²) in [5.41, 5.74) is 5.37. The number of amides is 1. The van der Waals surface area contributed by atoms with Gasteiger partial charge in [0.25, 0.3) is 0 Å². The fourth-order valence-electron chi connectivity index (χ4n) is 6.72. The minimum absolute atomic E-state index is 0.0814. The van der Waals surface area contributed by atoms with Crippen molar-refractivity contribution in [2.45, 2.75) is 238 Å². The molecule has 52 heavy (non-hydrogen) atoms. The summed E-state index contributed by atoms with van der Waals surface area (Å²) in [6, 6.07) is -0.854. The first-order valence-corrected chi connectivity index (χ1v) is 23.8. The molecule has 310 valence electrons. The molecular formula is C43H87N2O6P. The summed E-state index contributed by atoms with van der Waals surface area (Å²) in [6.45, 7) is 4.16. The number of nitrogens with one attached hydrogen (secondary N) is 1. The molecule has 0 radical (unpaired) electrons. The fourth-order valence-corrected chi connectivity index (χ4v) is 7.48. The van der Waals surface area contributed by atoms with Crippen molar-refractivity contribution >= 4 is 13.7 Å². The van der Waals surface area contributed by atoms with Crippen LogP contribution in [0.2, 0.25) is 0 Å². The van der Waals surface area contributed by atoms with E-state index in [9.17, 15) is 19.4 Å². The van der Waals surface area contributed by atoms with E-state index in [1.54, 1.807) is 6.08 Å². The lowest BCUT2D eigenvalue weighted by atomic mass is 10.0. The van der Waals surface area contributed by atoms with Crippen LogP contribution in [0, 0.1) is 0 Å². The predicted octanol–water partition coefficient (Wildman–Crippen LogP) is 12.4. The average molecular weight is 759 g/mol. The first-order valence-electron chi connectivity index (χ1n) is 22.3. The van der Waals surface area contributed by atoms with Crippen LogP contribution in [0.4, 0.5) is 0 Å². The molecule has 0 rings (SSSR count). The van der Waals surface area contributed by atoms with Crippen molar-refractivity contribution in [3.63, 3.8) is 0 Å². The molecule has 0 aromatic heterocycles. The molecule has 0 aromatic carbocycles. The SMILES string of the molecule is CCCCCCCCCCCCCCCCC/C=C/[C@@H](O)[C@H](COP(=O)(O)OCCN)NC(=O)CCCCCCCCCCCCCCCCCC. The lowest BCUT2D eigenvalue weighted by Gasteiger charge is -2.23. The highest BCUT2D eigenvalue weighted by molar-refractivity contribution is 7.47. The molecular weight excluding hydrogens is 671 g/mol. The van der Waals surface area contributed by atoms with Gasteiger partial charge in [0.1, 0.15) is 0 Å². The third-order valence-corrected chi connectivity index (χ3v) is 11.1. The number of carbonyl (C=O) groups is 1. The van der Waals surface area contributed by atoms with Crippen molar-refractivity contribution < 1.29 is 28.4 Å². The minimum Gasteiger partial charge on any atom is -0.387 e. The number of unbranched alkanes of at least 4 members (excludes halogenated alkanes) is 30. The van der Waals surface area contributed by atoms with E-state index in [4.69, 9.17) is 14.8 Å². The van der Waals surface area contributed by atoms with E-state index in [1.807, 2.05) is 6.08 Å². The predicted molar refractivity (Wildman–Crippen MR) is 222 cm³/mol. The highest BCUT2D eigenvalue weighted by Gasteiger charge is 2.26. The van der Waals surface area contributed by atoms with Crippen LogP contribution in [-0.4, -0.2) is 47.8 Å². The van der Waals surface area contributed by atoms with Crippen molar-refractivity contribution in [3.8, 4) is 0 Å². The Kier molecular flexibility index (Phi) is 39.3. The lowest BCUT2D eigenvalue weighted by Crippen LogP contribution is -2.45. The summed E-state index contributed by atoms with van der Waals surface area (Å²) in [7, 11) is -4.33. The topological polar surface area (TPSA) is 131 Å². The van der Waals surface area contributed by atoms with Gasteiger partial charge in [0.2, 0.25) is 5.91 Å². The third-order valence-electron chi connectivity index (χ3n) is 10.1. The first kappa shape index (κ1) is 51.2. The Morgan fingerprint density at radius 3 is 1.37 bits per heavy atom. The van der Waals surface area contributed by atoms with Crippen molar-refractivity contribution in [1.29, 1.82) is 0 Å². The van der Waals surface area contributed by atoms with E-state index in [0.29, 0.717) is 6.42 Å². The second kappa shape index (κ2) is 39.9. The van der Waals surface area contributed by atoms with Crippen molar-refractivity contribution in [2.24, 2.45) is 5.73 Å². The normalized spacial score (nSPS) is 14.2. The number of phosphoric ester groups is 1. The molecule has 0 aromatic rings. The molecule has 0 aliphatic carbocycles. The van der Waals surface area contributed by atoms with E-state index in [-0.39, 0.29) is 25.7 Å². The van der Waals surface area contributed by atoms with E-state index < -0.39 is 20.0 Å². The Labute approximate surface area is 322 Å². The van der Waals surface area contributed by atoms with E-state index in [2.05, 4.69) is 19.2 Å². The number of nitrogens with two attached hydrogens (primary N) is 1. The lowest BCUT2D eigenvalue weighted by molar-refractivity contribution is -0.123. The molecule has 8 nitrogen and oxygen atoms in total. The molecule has 0 bridgehead atoms. The molecule has 1 unspecified atom stereocenters. The highest BCUT2D eigenvalue weighted by atomic mass is 31.2. The smallest absolute Gasteiger partial charge is 0.387 e. The zero-order chi connectivity index (χ0) is 38.2. The van der Waals surface area contributed by atoms with Gasteiger partial charge < -0.3 is 21.1 Å². The molecule has 0 saturated carbocycles. The minimum atomic E-state index is -4.33. The maximum atomic E-state index is 12.8. The standard InChI is InChI=1S/C43H87N2O6P/c1-3-5-7-9-11-13-15-17-19-21-22-24-26-28-30-32-34-36-42(46)41(40-51-52(48,49)50-39-38-44)45-43(47)37-35-33-31-29-27-25-23-20-18-16-14-12-10-8-6-4-2/h34,36,41-42,46H,3-33,35,37-40,44H2,1-2H3,(H,45,47)(H,48,49)/b36-34+/t41-,42+/m0/s1. The van der Waals surface area contributed by atoms with Gasteiger partial charge in [-0.3, -0.25) is 13.8 Å². The molecule has 0 aliphatic rings. The quantitative estimate of drug-likeness (QED) is 0.0277. The number of aliphatic hydroxyl groups is 1. The summed E-state index contributed by atoms with van der Waals surface area (Å²) in [5.74, 6) is -0.190. The maximum Gasteiger partial charge on any atom is 0.472 e. The Morgan fingerprint density at radius 2 is 0.981 bits per heavy atom. The van der Waals surface area contributed by atoms with Crippen molar-refractivity contribution in [1.82, 2.24) is 5.32 Å². The van der Waals surface area contributed by atoms with Gasteiger partial charge in [-0.1, -0.05) is 212 Å². The maximum absolute atomic E-state index is 12.8. The zero-order valence-corrected chi connectivity index (χ0v) is 35.2. The molecule has 0 spiro atoms. The van der Waals surface area contributed by atoms with Crippen LogP contribution in [-0.2, 0) is 18.4 Å². The summed E-state index contributed by atoms with van der Waals surface area (Å²) in [6.07, 6.45) is 44.0. The molecule has 5 N–H and O–H groups in total. The molecule has 0 saturated heterocycles. The number of allylic oxidation sites excluding steroid dienone is 1. The largest absolute Gasteiger partial charge is 0.472 e. The second-order valence-electron chi connectivity index (χ2n) is 15.3. The Bertz CT molecular complexity index is 829. The van der Waals surface area contributed by atoms with Crippen LogP contribution in [0.15, 0.2) is 12.2 Å². The molecule has 0 heterocycles. The van der Waals surface area contributed by atoms with Crippen molar-refractivity contribution in [2.75, 3.05) is 19.8 Å². The first-order chi connectivity index (χ1) is 25.4. The molecule has 3 atom stereocenters. The van der Waals surface area contributed by atoms with Gasteiger partial charge in [0, 0.05) is 13.0 Å². The molecule has 9 heteroatoms. The molecule has 1 amide bonds. The fraction of sp³-hybridized carbons (Fsp3) is 0.930. The summed E-state index contributed by atoms with van der Waals surface area (Å²) < 4.78 is 22.1. The van der Waals surface area contributed by atoms with Crippen LogP contribution in [0.5, 0.6) is 0 Å². The number of hydrogen-bond acceptors (Lipinski definition) is 6. The average Bonchev–Trinajstić information content (AvgIpc) is 3.13. The van der Waals surface area contributed by atoms with Crippen LogP contribution in [0.25, 0.3) is 0 Å². The summed E-state index contributed by atoms with van der Waals surface area (Å²) in [4.78, 5) is 22.7. The van der Waals surface area contributed by atoms with E-state index in [1.165, 1.54) is 167 Å². The van der Waals surface area contributed by atoms with Gasteiger partial charge in [-0.2, -0.15) is 0 Å². The summed E-state index contributed by atoms with van der Waals surface area (Å²) >= 11 is 0. The van der Waals surface area contributed by atoms with Gasteiger partial charge in [-0.15, -0.1) is 0 Å². The number of rotatable bonds is 42. The molecule has 0 fully saturated rings. The Hall–Kier alpha value is -0.760. The number of hydrogen-bond donors (Lipinski definition) is 4. The van der Waals surface area contributed by atoms with Gasteiger partial charge >= 0.3 is 7.82 Å². The Balaban J connectivity index is 4.18. The van der Waals surface area contributed by atoms with Gasteiger partial charge in [0.15, 0.2) is 0 Å². The molecule has 0 aliphatic heterocycles. The van der Waals surface area contributed by atoms with Crippen LogP contribution < -0.4 is 11.1 Å².